The summed E-state index contributed by atoms with van der Waals surface area (Å²) < 4.78 is 35.5. The Morgan fingerprint density at radius 2 is 1.93 bits per heavy atom. The molecule has 1 amide bonds. The normalized spacial score (nSPS) is 11.3. The van der Waals surface area contributed by atoms with Crippen LogP contribution in [0, 0.1) is 13.8 Å². The predicted octanol–water partition coefficient (Wildman–Crippen LogP) is 1.82. The van der Waals surface area contributed by atoms with Gasteiger partial charge in [0.1, 0.15) is 23.0 Å². The summed E-state index contributed by atoms with van der Waals surface area (Å²) in [6.07, 6.45) is 0. The Hall–Kier alpha value is -3.11. The van der Waals surface area contributed by atoms with Gasteiger partial charge in [0.05, 0.1) is 11.4 Å². The van der Waals surface area contributed by atoms with Crippen LogP contribution in [-0.4, -0.2) is 24.5 Å². The zero-order chi connectivity index (χ0) is 19.4. The minimum absolute atomic E-state index is 0.0146. The minimum atomic E-state index is -3.96. The quantitative estimate of drug-likeness (QED) is 0.528. The molecule has 27 heavy (non-hydrogen) atoms. The molecule has 0 saturated carbocycles. The van der Waals surface area contributed by atoms with Gasteiger partial charge in [-0.05, 0) is 38.1 Å². The van der Waals surface area contributed by atoms with Crippen LogP contribution in [0.3, 0.4) is 0 Å². The van der Waals surface area contributed by atoms with Crippen molar-refractivity contribution in [1.29, 1.82) is 0 Å². The highest BCUT2D eigenvalue weighted by atomic mass is 32.2. The predicted molar refractivity (Wildman–Crippen MR) is 95.3 cm³/mol. The van der Waals surface area contributed by atoms with Gasteiger partial charge in [-0.3, -0.25) is 15.3 Å². The minimum Gasteiger partial charge on any atom is -0.486 e. The summed E-state index contributed by atoms with van der Waals surface area (Å²) in [6, 6.07) is 12.2. The molecule has 0 bridgehead atoms. The number of benzene rings is 1. The number of nitrogens with zero attached hydrogens (tertiary/aromatic N) is 1. The van der Waals surface area contributed by atoms with Gasteiger partial charge in [0, 0.05) is 0 Å². The van der Waals surface area contributed by atoms with Crippen molar-refractivity contribution in [3.05, 3.63) is 65.4 Å². The topological polar surface area (TPSA) is 126 Å². The first-order valence-electron chi connectivity index (χ1n) is 7.97. The van der Waals surface area contributed by atoms with Gasteiger partial charge in [-0.15, -0.1) is 4.83 Å². The number of carbonyl (C=O) groups excluding carboxylic acids is 1. The molecule has 0 spiro atoms. The van der Waals surface area contributed by atoms with Crippen LogP contribution in [0.15, 0.2) is 51.8 Å². The maximum atomic E-state index is 12.3. The molecule has 0 aliphatic carbocycles. The fourth-order valence-electron chi connectivity index (χ4n) is 2.41. The summed E-state index contributed by atoms with van der Waals surface area (Å²) in [7, 11) is -3.96. The molecule has 142 valence electrons. The number of carbonyl (C=O) groups is 1. The van der Waals surface area contributed by atoms with Crippen LogP contribution in [0.2, 0.25) is 0 Å². The highest BCUT2D eigenvalue weighted by molar-refractivity contribution is 7.89. The average Bonchev–Trinajstić information content (AvgIpc) is 3.26. The van der Waals surface area contributed by atoms with E-state index < -0.39 is 15.9 Å². The van der Waals surface area contributed by atoms with Crippen molar-refractivity contribution in [3.8, 4) is 5.75 Å². The average molecular weight is 390 g/mol. The lowest BCUT2D eigenvalue weighted by atomic mass is 10.3. The second-order valence-corrected chi connectivity index (χ2v) is 7.31. The first kappa shape index (κ1) is 18.7. The van der Waals surface area contributed by atoms with Gasteiger partial charge in [0.2, 0.25) is 0 Å². The number of furan rings is 1. The maximum absolute atomic E-state index is 12.3. The number of para-hydroxylation sites is 1. The highest BCUT2D eigenvalue weighted by Crippen LogP contribution is 2.16. The van der Waals surface area contributed by atoms with Crippen molar-refractivity contribution < 1.29 is 22.4 Å². The molecule has 0 fully saturated rings. The summed E-state index contributed by atoms with van der Waals surface area (Å²) >= 11 is 0. The van der Waals surface area contributed by atoms with E-state index in [2.05, 4.69) is 15.6 Å². The molecule has 3 rings (SSSR count). The van der Waals surface area contributed by atoms with E-state index in [4.69, 9.17) is 9.15 Å². The van der Waals surface area contributed by atoms with E-state index in [0.717, 1.165) is 0 Å². The molecule has 10 heteroatoms. The fraction of sp³-hybridized carbons (Fsp3) is 0.176. The first-order valence-corrected chi connectivity index (χ1v) is 9.45. The van der Waals surface area contributed by atoms with E-state index in [1.165, 1.54) is 6.07 Å². The van der Waals surface area contributed by atoms with Crippen LogP contribution in [0.5, 0.6) is 5.75 Å². The van der Waals surface area contributed by atoms with E-state index in [1.54, 1.807) is 32.0 Å². The van der Waals surface area contributed by atoms with Gasteiger partial charge >= 0.3 is 5.91 Å². The van der Waals surface area contributed by atoms with Crippen molar-refractivity contribution in [2.75, 3.05) is 0 Å². The number of ether oxygens (including phenoxy) is 1. The summed E-state index contributed by atoms with van der Waals surface area (Å²) in [5.41, 5.74) is 2.78. The van der Waals surface area contributed by atoms with Gasteiger partial charge in [0.25, 0.3) is 10.0 Å². The largest absolute Gasteiger partial charge is 0.486 e. The Balaban J connectivity index is 1.59. The number of sulfonamides is 1. The molecular weight excluding hydrogens is 372 g/mol. The monoisotopic (exact) mass is 390 g/mol. The Labute approximate surface area is 155 Å². The Morgan fingerprint density at radius 1 is 1.19 bits per heavy atom. The van der Waals surface area contributed by atoms with Crippen molar-refractivity contribution in [1.82, 2.24) is 20.5 Å². The zero-order valence-corrected chi connectivity index (χ0v) is 15.5. The lowest BCUT2D eigenvalue weighted by molar-refractivity contribution is 0.0913. The third-order valence-corrected chi connectivity index (χ3v) is 5.15. The zero-order valence-electron chi connectivity index (χ0n) is 14.6. The number of hydrogen-bond donors (Lipinski definition) is 3. The molecule has 0 aliphatic rings. The highest BCUT2D eigenvalue weighted by Gasteiger charge is 2.23. The van der Waals surface area contributed by atoms with Crippen LogP contribution in [0.1, 0.15) is 27.7 Å². The van der Waals surface area contributed by atoms with Crippen molar-refractivity contribution >= 4 is 15.9 Å². The van der Waals surface area contributed by atoms with Crippen molar-refractivity contribution in [3.63, 3.8) is 0 Å². The van der Waals surface area contributed by atoms with Gasteiger partial charge in [-0.2, -0.15) is 5.10 Å². The molecular formula is C17H18N4O5S. The second kappa shape index (κ2) is 7.64. The first-order chi connectivity index (χ1) is 12.9. The Bertz CT molecular complexity index is 1020. The SMILES string of the molecule is Cc1n[nH]c(C)c1S(=O)(=O)NNC(=O)c1ccc(COc2ccccc2)o1. The van der Waals surface area contributed by atoms with Gasteiger partial charge < -0.3 is 9.15 Å². The summed E-state index contributed by atoms with van der Waals surface area (Å²) in [5, 5.41) is 6.41. The summed E-state index contributed by atoms with van der Waals surface area (Å²) in [5.74, 6) is 0.306. The lowest BCUT2D eigenvalue weighted by Crippen LogP contribution is -2.41. The molecule has 3 N–H and O–H groups in total. The lowest BCUT2D eigenvalue weighted by Gasteiger charge is -2.07. The van der Waals surface area contributed by atoms with Crippen LogP contribution >= 0.6 is 0 Å². The molecule has 0 atom stereocenters. The van der Waals surface area contributed by atoms with Gasteiger partial charge in [-0.1, -0.05) is 18.2 Å². The molecule has 2 heterocycles. The maximum Gasteiger partial charge on any atom is 0.301 e. The third-order valence-electron chi connectivity index (χ3n) is 3.64. The van der Waals surface area contributed by atoms with Crippen molar-refractivity contribution in [2.24, 2.45) is 0 Å². The molecule has 9 nitrogen and oxygen atoms in total. The second-order valence-electron chi connectivity index (χ2n) is 5.69. The fourth-order valence-corrected chi connectivity index (χ4v) is 3.62. The molecule has 0 unspecified atom stereocenters. The van der Waals surface area contributed by atoms with Gasteiger partial charge in [0.15, 0.2) is 5.76 Å². The number of rotatable bonds is 7. The van der Waals surface area contributed by atoms with E-state index in [1.807, 2.05) is 23.0 Å². The standard InChI is InChI=1S/C17H18N4O5S/c1-11-16(12(2)19-18-11)27(23,24)21-20-17(22)15-9-8-14(26-15)10-25-13-6-4-3-5-7-13/h3-9,21H,10H2,1-2H3,(H,18,19)(H,20,22). The van der Waals surface area contributed by atoms with E-state index in [-0.39, 0.29) is 17.3 Å². The van der Waals surface area contributed by atoms with Crippen LogP contribution < -0.4 is 15.0 Å². The number of aryl methyl sites for hydroxylation is 2. The number of H-pyrrole nitrogens is 1. The van der Waals surface area contributed by atoms with E-state index in [9.17, 15) is 13.2 Å². The summed E-state index contributed by atoms with van der Waals surface area (Å²) in [6.45, 7) is 3.25. The molecule has 0 aliphatic heterocycles. The number of hydrazine groups is 1. The number of amides is 1. The van der Waals surface area contributed by atoms with Crippen LogP contribution in [-0.2, 0) is 16.6 Å². The number of nitrogens with one attached hydrogen (secondary N) is 3. The molecule has 2 aromatic heterocycles. The van der Waals surface area contributed by atoms with Gasteiger partial charge in [-0.25, -0.2) is 8.42 Å². The summed E-state index contributed by atoms with van der Waals surface area (Å²) in [4.78, 5) is 14.1. The van der Waals surface area contributed by atoms with Crippen LogP contribution in [0.4, 0.5) is 0 Å². The van der Waals surface area contributed by atoms with Crippen molar-refractivity contribution in [2.45, 2.75) is 25.3 Å². The third kappa shape index (κ3) is 4.36. The van der Waals surface area contributed by atoms with Crippen LogP contribution in [0.25, 0.3) is 0 Å². The molecule has 1 aromatic carbocycles. The number of aromatic nitrogens is 2. The molecule has 0 radical (unpaired) electrons. The Morgan fingerprint density at radius 3 is 2.59 bits per heavy atom. The number of aromatic amines is 1. The molecule has 3 aromatic rings. The molecule has 0 saturated heterocycles. The van der Waals surface area contributed by atoms with E-state index in [0.29, 0.717) is 22.9 Å². The van der Waals surface area contributed by atoms with E-state index >= 15 is 0 Å². The smallest absolute Gasteiger partial charge is 0.301 e. The Kier molecular flexibility index (Phi) is 5.28. The number of hydrogen-bond acceptors (Lipinski definition) is 6.